The lowest BCUT2D eigenvalue weighted by Crippen LogP contribution is -2.39. The van der Waals surface area contributed by atoms with E-state index >= 15 is 0 Å². The lowest BCUT2D eigenvalue weighted by atomic mass is 9.99. The van der Waals surface area contributed by atoms with Crippen LogP contribution < -0.4 is 5.32 Å². The van der Waals surface area contributed by atoms with E-state index < -0.39 is 0 Å². The molecule has 0 aliphatic carbocycles. The van der Waals surface area contributed by atoms with Gasteiger partial charge in [-0.15, -0.1) is 0 Å². The van der Waals surface area contributed by atoms with Crippen LogP contribution in [0.1, 0.15) is 23.6 Å². The van der Waals surface area contributed by atoms with Crippen LogP contribution in [0.4, 0.5) is 0 Å². The summed E-state index contributed by atoms with van der Waals surface area (Å²) < 4.78 is 5.47. The van der Waals surface area contributed by atoms with Crippen molar-refractivity contribution in [3.05, 3.63) is 78.0 Å². The van der Waals surface area contributed by atoms with E-state index in [0.717, 1.165) is 42.5 Å². The number of hydrogen-bond acceptors (Lipinski definition) is 3. The highest BCUT2D eigenvalue weighted by atomic mass is 16.5. The summed E-state index contributed by atoms with van der Waals surface area (Å²) in [5.74, 6) is 2.26. The molecule has 0 amide bonds. The molecular formula is C22H24N4O. The van der Waals surface area contributed by atoms with Gasteiger partial charge in [-0.25, -0.2) is 0 Å². The van der Waals surface area contributed by atoms with E-state index in [-0.39, 0.29) is 0 Å². The minimum Gasteiger partial charge on any atom is -0.356 e. The molecule has 1 aliphatic heterocycles. The average molecular weight is 360 g/mol. The Morgan fingerprint density at radius 1 is 1.15 bits per heavy atom. The monoisotopic (exact) mass is 360 g/mol. The number of nitrogens with zero attached hydrogens (tertiary/aromatic N) is 3. The maximum absolute atomic E-state index is 5.47. The van der Waals surface area contributed by atoms with Crippen molar-refractivity contribution in [2.24, 2.45) is 4.99 Å². The fourth-order valence-corrected chi connectivity index (χ4v) is 3.59. The Hall–Kier alpha value is -3.08. The molecule has 1 N–H and O–H groups in total. The summed E-state index contributed by atoms with van der Waals surface area (Å²) in [6, 6.07) is 22.7. The quantitative estimate of drug-likeness (QED) is 0.566. The van der Waals surface area contributed by atoms with Gasteiger partial charge in [0.25, 0.3) is 0 Å². The van der Waals surface area contributed by atoms with Crippen LogP contribution >= 0.6 is 0 Å². The smallest absolute Gasteiger partial charge is 0.193 e. The highest BCUT2D eigenvalue weighted by molar-refractivity contribution is 5.80. The predicted octanol–water partition coefficient (Wildman–Crippen LogP) is 3.91. The van der Waals surface area contributed by atoms with Crippen molar-refractivity contribution in [2.75, 3.05) is 20.1 Å². The molecule has 1 unspecified atom stereocenters. The summed E-state index contributed by atoms with van der Waals surface area (Å²) in [7, 11) is 1.83. The summed E-state index contributed by atoms with van der Waals surface area (Å²) in [4.78, 5) is 6.77. The summed E-state index contributed by atoms with van der Waals surface area (Å²) in [5.41, 5.74) is 3.30. The zero-order chi connectivity index (χ0) is 18.5. The molecule has 2 heterocycles. The van der Waals surface area contributed by atoms with Gasteiger partial charge in [0.1, 0.15) is 5.69 Å². The molecule has 0 spiro atoms. The second-order valence-electron chi connectivity index (χ2n) is 6.79. The number of likely N-dealkylation sites (tertiary alicyclic amines) is 1. The van der Waals surface area contributed by atoms with E-state index in [0.29, 0.717) is 12.5 Å². The summed E-state index contributed by atoms with van der Waals surface area (Å²) in [5, 5.41) is 7.59. The molecule has 1 fully saturated rings. The van der Waals surface area contributed by atoms with Crippen LogP contribution in [0.3, 0.4) is 0 Å². The Morgan fingerprint density at radius 2 is 1.89 bits per heavy atom. The van der Waals surface area contributed by atoms with Gasteiger partial charge in [0.05, 0.1) is 6.54 Å². The lowest BCUT2D eigenvalue weighted by molar-refractivity contribution is 0.420. The molecule has 1 saturated heterocycles. The first kappa shape index (κ1) is 17.3. The molecule has 1 aromatic heterocycles. The van der Waals surface area contributed by atoms with Crippen LogP contribution in [0.25, 0.3) is 11.3 Å². The van der Waals surface area contributed by atoms with Crippen LogP contribution in [0, 0.1) is 0 Å². The van der Waals surface area contributed by atoms with Gasteiger partial charge >= 0.3 is 0 Å². The molecule has 1 atom stereocenters. The third-order valence-electron chi connectivity index (χ3n) is 5.02. The van der Waals surface area contributed by atoms with Crippen LogP contribution in [-0.2, 0) is 6.54 Å². The van der Waals surface area contributed by atoms with Crippen molar-refractivity contribution < 1.29 is 4.52 Å². The highest BCUT2D eigenvalue weighted by Crippen LogP contribution is 2.27. The van der Waals surface area contributed by atoms with Crippen molar-refractivity contribution in [1.82, 2.24) is 15.4 Å². The van der Waals surface area contributed by atoms with Gasteiger partial charge in [0.15, 0.2) is 11.7 Å². The molecule has 27 heavy (non-hydrogen) atoms. The van der Waals surface area contributed by atoms with E-state index in [1.54, 1.807) is 0 Å². The van der Waals surface area contributed by atoms with Crippen molar-refractivity contribution >= 4 is 5.96 Å². The summed E-state index contributed by atoms with van der Waals surface area (Å²) >= 11 is 0. The normalized spacial score (nSPS) is 17.3. The van der Waals surface area contributed by atoms with Crippen LogP contribution in [0.5, 0.6) is 0 Å². The molecule has 138 valence electrons. The number of hydrogen-bond donors (Lipinski definition) is 1. The molecule has 4 rings (SSSR count). The number of rotatable bonds is 4. The fraction of sp³-hybridized carbons (Fsp3) is 0.273. The zero-order valence-corrected chi connectivity index (χ0v) is 15.5. The highest BCUT2D eigenvalue weighted by Gasteiger charge is 2.25. The molecular weight excluding hydrogens is 336 g/mol. The Labute approximate surface area is 159 Å². The number of aliphatic imine (C=N–C) groups is 1. The van der Waals surface area contributed by atoms with Gasteiger partial charge in [0.2, 0.25) is 0 Å². The van der Waals surface area contributed by atoms with E-state index in [1.807, 2.05) is 43.4 Å². The number of aromatic nitrogens is 1. The van der Waals surface area contributed by atoms with Crippen LogP contribution in [0.15, 0.2) is 76.2 Å². The first-order valence-electron chi connectivity index (χ1n) is 9.35. The second kappa shape index (κ2) is 8.08. The van der Waals surface area contributed by atoms with Gasteiger partial charge in [0, 0.05) is 37.7 Å². The first-order chi connectivity index (χ1) is 13.3. The molecule has 5 heteroatoms. The maximum atomic E-state index is 5.47. The first-order valence-corrected chi connectivity index (χ1v) is 9.35. The molecule has 0 saturated carbocycles. The number of nitrogens with one attached hydrogen (secondary N) is 1. The van der Waals surface area contributed by atoms with Crippen molar-refractivity contribution in [1.29, 1.82) is 0 Å². The van der Waals surface area contributed by atoms with Crippen molar-refractivity contribution in [2.45, 2.75) is 18.9 Å². The van der Waals surface area contributed by atoms with Crippen molar-refractivity contribution in [3.63, 3.8) is 0 Å². The Bertz CT molecular complexity index is 889. The van der Waals surface area contributed by atoms with E-state index in [2.05, 4.69) is 50.7 Å². The number of benzene rings is 2. The number of guanidine groups is 1. The Balaban J connectivity index is 1.36. The van der Waals surface area contributed by atoms with E-state index in [4.69, 9.17) is 4.52 Å². The van der Waals surface area contributed by atoms with Gasteiger partial charge in [-0.2, -0.15) is 0 Å². The van der Waals surface area contributed by atoms with Gasteiger partial charge < -0.3 is 14.7 Å². The molecule has 0 radical (unpaired) electrons. The molecule has 1 aliphatic rings. The molecule has 5 nitrogen and oxygen atoms in total. The maximum Gasteiger partial charge on any atom is 0.193 e. The van der Waals surface area contributed by atoms with Gasteiger partial charge in [-0.05, 0) is 12.0 Å². The lowest BCUT2D eigenvalue weighted by Gasteiger charge is -2.21. The molecule has 3 aromatic rings. The van der Waals surface area contributed by atoms with Gasteiger partial charge in [-0.1, -0.05) is 65.8 Å². The van der Waals surface area contributed by atoms with Crippen LogP contribution in [0.2, 0.25) is 0 Å². The largest absolute Gasteiger partial charge is 0.356 e. The van der Waals surface area contributed by atoms with Crippen LogP contribution in [-0.4, -0.2) is 36.2 Å². The second-order valence-corrected chi connectivity index (χ2v) is 6.79. The molecule has 2 aromatic carbocycles. The van der Waals surface area contributed by atoms with E-state index in [1.165, 1.54) is 5.56 Å². The minimum absolute atomic E-state index is 0.557. The summed E-state index contributed by atoms with van der Waals surface area (Å²) in [6.07, 6.45) is 1.15. The SMILES string of the molecule is CN=C(NCc1cc(-c2ccccc2)on1)N1CCC(c2ccccc2)C1. The third kappa shape index (κ3) is 4.03. The standard InChI is InChI=1S/C22H24N4O/c1-23-22(26-13-12-19(16-26)17-8-4-2-5-9-17)24-15-20-14-21(27-25-20)18-10-6-3-7-11-18/h2-11,14,19H,12-13,15-16H2,1H3,(H,23,24). The fourth-order valence-electron chi connectivity index (χ4n) is 3.59. The topological polar surface area (TPSA) is 53.7 Å². The minimum atomic E-state index is 0.557. The predicted molar refractivity (Wildman–Crippen MR) is 108 cm³/mol. The van der Waals surface area contributed by atoms with E-state index in [9.17, 15) is 0 Å². The zero-order valence-electron chi connectivity index (χ0n) is 15.5. The molecule has 0 bridgehead atoms. The van der Waals surface area contributed by atoms with Gasteiger partial charge in [-0.3, -0.25) is 4.99 Å². The third-order valence-corrected chi connectivity index (χ3v) is 5.02. The average Bonchev–Trinajstić information content (AvgIpc) is 3.40. The Morgan fingerprint density at radius 3 is 2.63 bits per heavy atom. The summed E-state index contributed by atoms with van der Waals surface area (Å²) in [6.45, 7) is 2.58. The van der Waals surface area contributed by atoms with Crippen molar-refractivity contribution in [3.8, 4) is 11.3 Å². The Kier molecular flexibility index (Phi) is 5.19.